The zero-order valence-electron chi connectivity index (χ0n) is 17.1. The predicted molar refractivity (Wildman–Crippen MR) is 113 cm³/mol. The highest BCUT2D eigenvalue weighted by Crippen LogP contribution is 2.30. The first-order chi connectivity index (χ1) is 14.3. The van der Waals surface area contributed by atoms with Gasteiger partial charge in [-0.2, -0.15) is 4.31 Å². The van der Waals surface area contributed by atoms with Crippen molar-refractivity contribution in [3.8, 4) is 0 Å². The van der Waals surface area contributed by atoms with Crippen LogP contribution in [0.25, 0.3) is 0 Å². The summed E-state index contributed by atoms with van der Waals surface area (Å²) in [5, 5.41) is 5.81. The van der Waals surface area contributed by atoms with Crippen LogP contribution in [-0.2, 0) is 19.6 Å². The van der Waals surface area contributed by atoms with Crippen LogP contribution in [0, 0.1) is 0 Å². The van der Waals surface area contributed by atoms with Crippen LogP contribution in [-0.4, -0.2) is 62.9 Å². The molecule has 166 valence electrons. The molecule has 0 spiro atoms. The Balaban J connectivity index is 1.88. The molecule has 0 radical (unpaired) electrons. The maximum absolute atomic E-state index is 13.1. The van der Waals surface area contributed by atoms with Gasteiger partial charge in [-0.1, -0.05) is 30.9 Å². The van der Waals surface area contributed by atoms with Crippen molar-refractivity contribution in [1.29, 1.82) is 0 Å². The number of ether oxygens (including phenoxy) is 1. The van der Waals surface area contributed by atoms with E-state index in [0.717, 1.165) is 19.3 Å². The predicted octanol–water partition coefficient (Wildman–Crippen LogP) is 1.93. The summed E-state index contributed by atoms with van der Waals surface area (Å²) in [5.41, 5.74) is -0.964. The smallest absolute Gasteiger partial charge is 0.253 e. The van der Waals surface area contributed by atoms with Crippen LogP contribution in [0.2, 0.25) is 5.02 Å². The summed E-state index contributed by atoms with van der Waals surface area (Å²) in [5.74, 6) is -0.765. The van der Waals surface area contributed by atoms with E-state index in [1.54, 1.807) is 0 Å². The first-order valence-electron chi connectivity index (χ1n) is 10.3. The van der Waals surface area contributed by atoms with Crippen molar-refractivity contribution in [3.63, 3.8) is 0 Å². The Labute approximate surface area is 182 Å². The van der Waals surface area contributed by atoms with Gasteiger partial charge < -0.3 is 15.4 Å². The molecule has 8 nitrogen and oxygen atoms in total. The second-order valence-electron chi connectivity index (χ2n) is 7.61. The molecular weight excluding hydrogens is 430 g/mol. The van der Waals surface area contributed by atoms with Crippen LogP contribution in [0.3, 0.4) is 0 Å². The average molecular weight is 458 g/mol. The lowest BCUT2D eigenvalue weighted by Crippen LogP contribution is -2.59. The van der Waals surface area contributed by atoms with Crippen LogP contribution < -0.4 is 10.6 Å². The molecule has 2 aliphatic rings. The van der Waals surface area contributed by atoms with Crippen molar-refractivity contribution in [2.24, 2.45) is 0 Å². The molecular formula is C20H28ClN3O5S. The summed E-state index contributed by atoms with van der Waals surface area (Å²) in [6, 6.07) is 4.09. The van der Waals surface area contributed by atoms with Gasteiger partial charge in [-0.15, -0.1) is 0 Å². The fourth-order valence-corrected chi connectivity index (χ4v) is 5.59. The number of hydrogen-bond donors (Lipinski definition) is 2. The number of rotatable bonds is 6. The lowest BCUT2D eigenvalue weighted by atomic mass is 9.80. The minimum Gasteiger partial charge on any atom is -0.379 e. The fraction of sp³-hybridized carbons (Fsp3) is 0.600. The van der Waals surface area contributed by atoms with Gasteiger partial charge in [-0.25, -0.2) is 8.42 Å². The maximum Gasteiger partial charge on any atom is 0.253 e. The van der Waals surface area contributed by atoms with E-state index in [0.29, 0.717) is 32.6 Å². The van der Waals surface area contributed by atoms with E-state index < -0.39 is 21.5 Å². The number of nitrogens with one attached hydrogen (secondary N) is 2. The number of halogens is 1. The quantitative estimate of drug-likeness (QED) is 0.679. The van der Waals surface area contributed by atoms with Gasteiger partial charge in [0.1, 0.15) is 5.54 Å². The molecule has 0 bridgehead atoms. The van der Waals surface area contributed by atoms with Gasteiger partial charge in [0.15, 0.2) is 0 Å². The molecule has 1 aliphatic heterocycles. The fourth-order valence-electron chi connectivity index (χ4n) is 3.95. The minimum atomic E-state index is -3.77. The second kappa shape index (κ2) is 9.64. The number of likely N-dealkylation sites (N-methyl/N-ethyl adjacent to an activating group) is 1. The highest BCUT2D eigenvalue weighted by atomic mass is 35.5. The van der Waals surface area contributed by atoms with E-state index in [-0.39, 0.29) is 34.5 Å². The molecule has 1 heterocycles. The molecule has 1 saturated carbocycles. The topological polar surface area (TPSA) is 105 Å². The van der Waals surface area contributed by atoms with Gasteiger partial charge >= 0.3 is 0 Å². The summed E-state index contributed by atoms with van der Waals surface area (Å²) in [4.78, 5) is 25.8. The van der Waals surface area contributed by atoms with Crippen molar-refractivity contribution < 1.29 is 22.7 Å². The molecule has 2 amide bonds. The van der Waals surface area contributed by atoms with Gasteiger partial charge in [0, 0.05) is 19.6 Å². The minimum absolute atomic E-state index is 0.00495. The summed E-state index contributed by atoms with van der Waals surface area (Å²) < 4.78 is 32.5. The molecule has 2 N–H and O–H groups in total. The van der Waals surface area contributed by atoms with Crippen molar-refractivity contribution >= 4 is 33.4 Å². The third-order valence-corrected chi connectivity index (χ3v) is 7.85. The van der Waals surface area contributed by atoms with Crippen molar-refractivity contribution in [3.05, 3.63) is 28.8 Å². The molecule has 1 aromatic rings. The lowest BCUT2D eigenvalue weighted by Gasteiger charge is -2.36. The lowest BCUT2D eigenvalue weighted by molar-refractivity contribution is -0.128. The largest absolute Gasteiger partial charge is 0.379 e. The number of morpholine rings is 1. The number of nitrogens with zero attached hydrogens (tertiary/aromatic N) is 1. The molecule has 0 unspecified atom stereocenters. The number of benzene rings is 1. The Morgan fingerprint density at radius 2 is 1.83 bits per heavy atom. The highest BCUT2D eigenvalue weighted by Gasteiger charge is 2.41. The van der Waals surface area contributed by atoms with E-state index >= 15 is 0 Å². The number of carbonyl (C=O) groups is 2. The Morgan fingerprint density at radius 1 is 1.17 bits per heavy atom. The van der Waals surface area contributed by atoms with Gasteiger partial charge in [-0.3, -0.25) is 9.59 Å². The Bertz CT molecular complexity index is 894. The number of sulfonamides is 1. The van der Waals surface area contributed by atoms with E-state index in [1.165, 1.54) is 22.5 Å². The SMILES string of the molecule is CCNC(=O)C1(NC(=O)c2cc(S(=O)(=O)N3CCOCC3)ccc2Cl)CCCCC1. The first kappa shape index (κ1) is 23.0. The zero-order valence-corrected chi connectivity index (χ0v) is 18.7. The standard InChI is InChI=1S/C20H28ClN3O5S/c1-2-22-19(26)20(8-4-3-5-9-20)23-18(25)16-14-15(6-7-17(16)21)30(27,28)24-10-12-29-13-11-24/h6-7,14H,2-5,8-13H2,1H3,(H,22,26)(H,23,25). The van der Waals surface area contributed by atoms with Crippen LogP contribution in [0.5, 0.6) is 0 Å². The molecule has 1 aliphatic carbocycles. The molecule has 0 aromatic heterocycles. The normalized spacial score (nSPS) is 19.8. The van der Waals surface area contributed by atoms with E-state index in [4.69, 9.17) is 16.3 Å². The third-order valence-electron chi connectivity index (χ3n) is 5.62. The number of carbonyl (C=O) groups excluding carboxylic acids is 2. The Morgan fingerprint density at radius 3 is 2.47 bits per heavy atom. The van der Waals surface area contributed by atoms with Crippen molar-refractivity contribution in [2.75, 3.05) is 32.8 Å². The summed E-state index contributed by atoms with van der Waals surface area (Å²) in [7, 11) is -3.77. The van der Waals surface area contributed by atoms with Crippen molar-refractivity contribution in [2.45, 2.75) is 49.5 Å². The first-order valence-corrected chi connectivity index (χ1v) is 12.1. The molecule has 2 fully saturated rings. The van der Waals surface area contributed by atoms with Crippen LogP contribution in [0.15, 0.2) is 23.1 Å². The van der Waals surface area contributed by atoms with Crippen LogP contribution in [0.4, 0.5) is 0 Å². The van der Waals surface area contributed by atoms with Gasteiger partial charge in [0.25, 0.3) is 5.91 Å². The Kier molecular flexibility index (Phi) is 7.38. The average Bonchev–Trinajstić information content (AvgIpc) is 2.75. The monoisotopic (exact) mass is 457 g/mol. The van der Waals surface area contributed by atoms with Gasteiger partial charge in [-0.05, 0) is 38.0 Å². The van der Waals surface area contributed by atoms with E-state index in [2.05, 4.69) is 10.6 Å². The molecule has 1 aromatic carbocycles. The summed E-state index contributed by atoms with van der Waals surface area (Å²) in [6.45, 7) is 3.46. The highest BCUT2D eigenvalue weighted by molar-refractivity contribution is 7.89. The molecule has 3 rings (SSSR count). The molecule has 10 heteroatoms. The maximum atomic E-state index is 13.1. The van der Waals surface area contributed by atoms with E-state index in [9.17, 15) is 18.0 Å². The molecule has 0 atom stereocenters. The van der Waals surface area contributed by atoms with E-state index in [1.807, 2.05) is 6.92 Å². The van der Waals surface area contributed by atoms with Crippen LogP contribution >= 0.6 is 11.6 Å². The molecule has 1 saturated heterocycles. The Hall–Kier alpha value is -1.68. The summed E-state index contributed by atoms with van der Waals surface area (Å²) in [6.07, 6.45) is 3.74. The van der Waals surface area contributed by atoms with Crippen molar-refractivity contribution in [1.82, 2.24) is 14.9 Å². The zero-order chi connectivity index (χ0) is 21.8. The second-order valence-corrected chi connectivity index (χ2v) is 9.96. The summed E-state index contributed by atoms with van der Waals surface area (Å²) >= 11 is 6.24. The van der Waals surface area contributed by atoms with Gasteiger partial charge in [0.05, 0.1) is 28.7 Å². The number of amides is 2. The third kappa shape index (κ3) is 4.80. The van der Waals surface area contributed by atoms with Crippen LogP contribution in [0.1, 0.15) is 49.4 Å². The molecule has 30 heavy (non-hydrogen) atoms. The van der Waals surface area contributed by atoms with Gasteiger partial charge in [0.2, 0.25) is 15.9 Å². The number of hydrogen-bond acceptors (Lipinski definition) is 5.